The molecule has 0 radical (unpaired) electrons. The second-order valence-electron chi connectivity index (χ2n) is 6.28. The Balaban J connectivity index is 1.95. The summed E-state index contributed by atoms with van der Waals surface area (Å²) in [5, 5.41) is 2.68. The SMILES string of the molecule is Cc1ccc(N2C(=O)/C(=C\c3ccc(N(C)C)cc3)C(=O)NC2=S)cc1. The smallest absolute Gasteiger partial charge is 0.270 e. The standard InChI is InChI=1S/C20H19N3O2S/c1-13-4-8-16(9-5-13)23-19(25)17(18(24)21-20(23)26)12-14-6-10-15(11-7-14)22(2)3/h4-12H,1-3H3,(H,21,24,26)/b17-12-. The fraction of sp³-hybridized carbons (Fsp3) is 0.150. The highest BCUT2D eigenvalue weighted by Gasteiger charge is 2.34. The monoisotopic (exact) mass is 365 g/mol. The Hall–Kier alpha value is -2.99. The van der Waals surface area contributed by atoms with Crippen LogP contribution in [0.5, 0.6) is 0 Å². The molecule has 1 saturated heterocycles. The van der Waals surface area contributed by atoms with Crippen LogP contribution in [-0.4, -0.2) is 31.0 Å². The highest BCUT2D eigenvalue weighted by atomic mass is 32.1. The van der Waals surface area contributed by atoms with Crippen molar-refractivity contribution in [2.75, 3.05) is 23.9 Å². The first-order chi connectivity index (χ1) is 12.4. The van der Waals surface area contributed by atoms with Crippen LogP contribution in [-0.2, 0) is 9.59 Å². The quantitative estimate of drug-likeness (QED) is 0.516. The second kappa shape index (κ2) is 7.09. The molecular weight excluding hydrogens is 346 g/mol. The van der Waals surface area contributed by atoms with E-state index in [4.69, 9.17) is 12.2 Å². The highest BCUT2D eigenvalue weighted by Crippen LogP contribution is 2.23. The maximum atomic E-state index is 12.9. The molecule has 132 valence electrons. The van der Waals surface area contributed by atoms with Crippen LogP contribution in [0.3, 0.4) is 0 Å². The van der Waals surface area contributed by atoms with Gasteiger partial charge in [-0.25, -0.2) is 0 Å². The average molecular weight is 365 g/mol. The van der Waals surface area contributed by atoms with Crippen LogP contribution < -0.4 is 15.1 Å². The molecule has 26 heavy (non-hydrogen) atoms. The van der Waals surface area contributed by atoms with Crippen LogP contribution in [0.15, 0.2) is 54.1 Å². The minimum absolute atomic E-state index is 0.0526. The molecule has 2 amide bonds. The Morgan fingerprint density at radius 1 is 1.00 bits per heavy atom. The van der Waals surface area contributed by atoms with Crippen molar-refractivity contribution in [3.63, 3.8) is 0 Å². The maximum Gasteiger partial charge on any atom is 0.270 e. The van der Waals surface area contributed by atoms with Crippen molar-refractivity contribution >= 4 is 46.6 Å². The molecule has 0 saturated carbocycles. The topological polar surface area (TPSA) is 52.7 Å². The van der Waals surface area contributed by atoms with Gasteiger partial charge in [-0.1, -0.05) is 29.8 Å². The molecule has 1 N–H and O–H groups in total. The van der Waals surface area contributed by atoms with Crippen molar-refractivity contribution in [2.45, 2.75) is 6.92 Å². The third-order valence-electron chi connectivity index (χ3n) is 4.11. The van der Waals surface area contributed by atoms with Crippen molar-refractivity contribution in [1.82, 2.24) is 5.32 Å². The van der Waals surface area contributed by atoms with Gasteiger partial charge in [0.2, 0.25) is 0 Å². The van der Waals surface area contributed by atoms with Gasteiger partial charge in [-0.15, -0.1) is 0 Å². The lowest BCUT2D eigenvalue weighted by Gasteiger charge is -2.29. The third kappa shape index (κ3) is 3.50. The lowest BCUT2D eigenvalue weighted by atomic mass is 10.1. The fourth-order valence-electron chi connectivity index (χ4n) is 2.62. The molecule has 1 aliphatic rings. The number of amides is 2. The number of carbonyl (C=O) groups excluding carboxylic acids is 2. The summed E-state index contributed by atoms with van der Waals surface area (Å²) < 4.78 is 0. The van der Waals surface area contributed by atoms with Crippen LogP contribution >= 0.6 is 12.2 Å². The third-order valence-corrected chi connectivity index (χ3v) is 4.40. The van der Waals surface area contributed by atoms with E-state index in [-0.39, 0.29) is 10.7 Å². The molecule has 0 aliphatic carbocycles. The molecule has 2 aromatic rings. The molecule has 1 heterocycles. The molecule has 0 atom stereocenters. The molecule has 0 unspecified atom stereocenters. The summed E-state index contributed by atoms with van der Waals surface area (Å²) in [4.78, 5) is 28.5. The minimum Gasteiger partial charge on any atom is -0.378 e. The molecular formula is C20H19N3O2S. The summed E-state index contributed by atoms with van der Waals surface area (Å²) >= 11 is 5.20. The van der Waals surface area contributed by atoms with Gasteiger partial charge in [0.1, 0.15) is 5.57 Å². The van der Waals surface area contributed by atoms with Gasteiger partial charge in [0.15, 0.2) is 5.11 Å². The molecule has 1 aliphatic heterocycles. The fourth-order valence-corrected chi connectivity index (χ4v) is 2.90. The number of thiocarbonyl (C=S) groups is 1. The second-order valence-corrected chi connectivity index (χ2v) is 6.67. The van der Waals surface area contributed by atoms with Gasteiger partial charge < -0.3 is 4.90 Å². The maximum absolute atomic E-state index is 12.9. The Morgan fingerprint density at radius 2 is 1.62 bits per heavy atom. The zero-order valence-corrected chi connectivity index (χ0v) is 15.6. The van der Waals surface area contributed by atoms with Gasteiger partial charge in [0, 0.05) is 19.8 Å². The molecule has 5 nitrogen and oxygen atoms in total. The van der Waals surface area contributed by atoms with E-state index < -0.39 is 11.8 Å². The van der Waals surface area contributed by atoms with E-state index in [1.807, 2.05) is 62.3 Å². The zero-order chi connectivity index (χ0) is 18.8. The summed E-state index contributed by atoms with van der Waals surface area (Å²) in [6, 6.07) is 15.0. The van der Waals surface area contributed by atoms with Crippen molar-refractivity contribution in [2.24, 2.45) is 0 Å². The van der Waals surface area contributed by atoms with Crippen molar-refractivity contribution in [3.8, 4) is 0 Å². The van der Waals surface area contributed by atoms with E-state index in [0.29, 0.717) is 5.69 Å². The van der Waals surface area contributed by atoms with Crippen molar-refractivity contribution < 1.29 is 9.59 Å². The summed E-state index contributed by atoms with van der Waals surface area (Å²) in [6.07, 6.45) is 1.58. The average Bonchev–Trinajstić information content (AvgIpc) is 2.60. The molecule has 0 bridgehead atoms. The van der Waals surface area contributed by atoms with Gasteiger partial charge in [0.05, 0.1) is 5.69 Å². The Bertz CT molecular complexity index is 900. The molecule has 0 aromatic heterocycles. The van der Waals surface area contributed by atoms with Crippen LogP contribution in [0.25, 0.3) is 6.08 Å². The van der Waals surface area contributed by atoms with Crippen LogP contribution in [0.4, 0.5) is 11.4 Å². The number of benzene rings is 2. The van der Waals surface area contributed by atoms with Gasteiger partial charge in [-0.05, 0) is 55.0 Å². The minimum atomic E-state index is -0.486. The lowest BCUT2D eigenvalue weighted by Crippen LogP contribution is -2.54. The number of hydrogen-bond donors (Lipinski definition) is 1. The van der Waals surface area contributed by atoms with Gasteiger partial charge in [0.25, 0.3) is 11.8 Å². The van der Waals surface area contributed by atoms with E-state index in [0.717, 1.165) is 16.8 Å². The lowest BCUT2D eigenvalue weighted by molar-refractivity contribution is -0.122. The number of rotatable bonds is 3. The Kier molecular flexibility index (Phi) is 4.86. The van der Waals surface area contributed by atoms with Gasteiger partial charge in [-0.2, -0.15) is 0 Å². The Morgan fingerprint density at radius 3 is 2.19 bits per heavy atom. The summed E-state index contributed by atoms with van der Waals surface area (Å²) in [5.41, 5.74) is 3.56. The summed E-state index contributed by atoms with van der Waals surface area (Å²) in [5.74, 6) is -0.917. The Labute approximate surface area is 157 Å². The van der Waals surface area contributed by atoms with Gasteiger partial charge >= 0.3 is 0 Å². The molecule has 1 fully saturated rings. The first-order valence-corrected chi connectivity index (χ1v) is 8.53. The zero-order valence-electron chi connectivity index (χ0n) is 14.8. The summed E-state index contributed by atoms with van der Waals surface area (Å²) in [6.45, 7) is 1.96. The molecule has 2 aromatic carbocycles. The van der Waals surface area contributed by atoms with E-state index in [1.54, 1.807) is 18.2 Å². The van der Waals surface area contributed by atoms with Crippen LogP contribution in [0, 0.1) is 6.92 Å². The number of nitrogens with zero attached hydrogens (tertiary/aromatic N) is 2. The predicted molar refractivity (Wildman–Crippen MR) is 108 cm³/mol. The van der Waals surface area contributed by atoms with E-state index in [1.165, 1.54) is 4.90 Å². The summed E-state index contributed by atoms with van der Waals surface area (Å²) in [7, 11) is 3.90. The van der Waals surface area contributed by atoms with Crippen molar-refractivity contribution in [3.05, 3.63) is 65.2 Å². The molecule has 6 heteroatoms. The van der Waals surface area contributed by atoms with Crippen LogP contribution in [0.1, 0.15) is 11.1 Å². The first kappa shape index (κ1) is 17.8. The van der Waals surface area contributed by atoms with Crippen LogP contribution in [0.2, 0.25) is 0 Å². The predicted octanol–water partition coefficient (Wildman–Crippen LogP) is 2.89. The normalized spacial score (nSPS) is 16.0. The van der Waals surface area contributed by atoms with E-state index in [9.17, 15) is 9.59 Å². The number of hydrogen-bond acceptors (Lipinski definition) is 4. The number of nitrogens with one attached hydrogen (secondary N) is 1. The molecule has 0 spiro atoms. The molecule has 3 rings (SSSR count). The number of carbonyl (C=O) groups is 2. The first-order valence-electron chi connectivity index (χ1n) is 8.12. The number of aryl methyl sites for hydroxylation is 1. The van der Waals surface area contributed by atoms with Crippen molar-refractivity contribution in [1.29, 1.82) is 0 Å². The van der Waals surface area contributed by atoms with E-state index in [2.05, 4.69) is 5.32 Å². The largest absolute Gasteiger partial charge is 0.378 e. The van der Waals surface area contributed by atoms with E-state index >= 15 is 0 Å². The highest BCUT2D eigenvalue weighted by molar-refractivity contribution is 7.80. The number of anilines is 2. The van der Waals surface area contributed by atoms with Gasteiger partial charge in [-0.3, -0.25) is 19.8 Å².